The van der Waals surface area contributed by atoms with Crippen molar-refractivity contribution < 1.29 is 14.4 Å². The van der Waals surface area contributed by atoms with Crippen molar-refractivity contribution in [3.63, 3.8) is 0 Å². The summed E-state index contributed by atoms with van der Waals surface area (Å²) in [5.74, 6) is -0.769. The first-order valence-corrected chi connectivity index (χ1v) is 8.92. The van der Waals surface area contributed by atoms with Gasteiger partial charge in [-0.1, -0.05) is 0 Å². The molecule has 0 aliphatic carbocycles. The maximum Gasteiger partial charge on any atom is 0.243 e. The Hall–Kier alpha value is -2.20. The van der Waals surface area contributed by atoms with Gasteiger partial charge in [0.1, 0.15) is 6.04 Å². The lowest BCUT2D eigenvalue weighted by atomic mass is 10.1. The van der Waals surface area contributed by atoms with Gasteiger partial charge >= 0.3 is 0 Å². The largest absolute Gasteiger partial charge is 0.370 e. The van der Waals surface area contributed by atoms with E-state index in [2.05, 4.69) is 10.6 Å². The Labute approximate surface area is 153 Å². The number of guanidine groups is 1. The van der Waals surface area contributed by atoms with Crippen LogP contribution in [0.5, 0.6) is 0 Å². The van der Waals surface area contributed by atoms with Crippen LogP contribution in [-0.4, -0.2) is 66.7 Å². The van der Waals surface area contributed by atoms with Gasteiger partial charge in [-0.05, 0) is 45.1 Å². The summed E-state index contributed by atoms with van der Waals surface area (Å²) >= 11 is 0. The fraction of sp³-hybridized carbons (Fsp3) is 0.750. The highest BCUT2D eigenvalue weighted by Crippen LogP contribution is 2.19. The van der Waals surface area contributed by atoms with Crippen LogP contribution in [0, 0.1) is 5.41 Å². The molecule has 1 aliphatic heterocycles. The molecule has 26 heavy (non-hydrogen) atoms. The summed E-state index contributed by atoms with van der Waals surface area (Å²) in [5.41, 5.74) is 16.5. The molecule has 0 aromatic rings. The minimum absolute atomic E-state index is 0.147. The fourth-order valence-electron chi connectivity index (χ4n) is 2.94. The standard InChI is InChI=1S/C16H30N7O3/c17-7-1-5-12(18)15(26)23-9-3-6-13(23)14(25)22-11(10-24)4-2-8-21-16(19)20/h11-13H,1-9,17-18H2,(H,22,25)(H4,19,20,21)/t11-,12-,13-/m0/s1. The molecule has 1 aliphatic rings. The molecule has 1 saturated heterocycles. The van der Waals surface area contributed by atoms with E-state index in [1.165, 1.54) is 4.90 Å². The molecule has 3 atom stereocenters. The van der Waals surface area contributed by atoms with Gasteiger partial charge in [-0.15, -0.1) is 0 Å². The van der Waals surface area contributed by atoms with Gasteiger partial charge in [-0.2, -0.15) is 0 Å². The topological polar surface area (TPSA) is 180 Å². The van der Waals surface area contributed by atoms with Crippen LogP contribution in [0.25, 0.3) is 0 Å². The second kappa shape index (κ2) is 11.4. The Morgan fingerprint density at radius 1 is 1.31 bits per heavy atom. The monoisotopic (exact) mass is 368 g/mol. The van der Waals surface area contributed by atoms with E-state index in [4.69, 9.17) is 22.6 Å². The molecule has 0 bridgehead atoms. The molecule has 0 unspecified atom stereocenters. The molecular weight excluding hydrogens is 338 g/mol. The van der Waals surface area contributed by atoms with Crippen LogP contribution < -0.4 is 27.8 Å². The number of nitrogens with zero attached hydrogens (tertiary/aromatic N) is 1. The second-order valence-corrected chi connectivity index (χ2v) is 6.39. The summed E-state index contributed by atoms with van der Waals surface area (Å²) in [4.78, 5) is 37.5. The lowest BCUT2D eigenvalue weighted by Crippen LogP contribution is -2.53. The summed E-state index contributed by atoms with van der Waals surface area (Å²) in [6.45, 7) is 1.36. The van der Waals surface area contributed by atoms with Gasteiger partial charge in [0.05, 0.1) is 12.1 Å². The normalized spacial score (nSPS) is 18.8. The van der Waals surface area contributed by atoms with E-state index in [0.717, 1.165) is 0 Å². The average Bonchev–Trinajstić information content (AvgIpc) is 3.10. The third-order valence-electron chi connectivity index (χ3n) is 4.32. The number of nitrogens with two attached hydrogens (primary N) is 3. The quantitative estimate of drug-likeness (QED) is 0.137. The van der Waals surface area contributed by atoms with Crippen molar-refractivity contribution in [2.75, 3.05) is 19.6 Å². The number of carbonyl (C=O) groups is 2. The minimum atomic E-state index is -0.764. The van der Waals surface area contributed by atoms with Gasteiger partial charge in [0.15, 0.2) is 5.96 Å². The summed E-state index contributed by atoms with van der Waals surface area (Å²) in [7, 11) is 0. The van der Waals surface area contributed by atoms with Crippen molar-refractivity contribution in [1.29, 1.82) is 5.41 Å². The van der Waals surface area contributed by atoms with E-state index >= 15 is 0 Å². The first-order chi connectivity index (χ1) is 12.4. The molecule has 1 heterocycles. The number of rotatable bonds is 11. The van der Waals surface area contributed by atoms with Crippen LogP contribution in [0.15, 0.2) is 0 Å². The summed E-state index contributed by atoms with van der Waals surface area (Å²) in [6, 6.07) is -2.05. The Kier molecular flexibility index (Phi) is 9.60. The number of likely N-dealkylation sites (tertiary alicyclic amines) is 1. The molecule has 0 aromatic heterocycles. The number of carbonyl (C=O) groups excluding carboxylic acids is 3. The molecule has 147 valence electrons. The van der Waals surface area contributed by atoms with Crippen LogP contribution in [0.1, 0.15) is 38.5 Å². The zero-order valence-electron chi connectivity index (χ0n) is 15.0. The van der Waals surface area contributed by atoms with Gasteiger partial charge in [0.2, 0.25) is 18.1 Å². The molecule has 0 saturated carbocycles. The summed E-state index contributed by atoms with van der Waals surface area (Å²) in [5, 5.41) is 12.3. The molecule has 10 heteroatoms. The first kappa shape index (κ1) is 21.8. The molecule has 1 rings (SSSR count). The number of amides is 2. The van der Waals surface area contributed by atoms with Crippen LogP contribution in [0.4, 0.5) is 0 Å². The molecule has 1 radical (unpaired) electrons. The molecule has 1 fully saturated rings. The molecule has 0 spiro atoms. The number of nitrogens with one attached hydrogen (secondary N) is 3. The predicted octanol–water partition coefficient (Wildman–Crippen LogP) is -2.10. The van der Waals surface area contributed by atoms with Gasteiger partial charge in [-0.25, -0.2) is 0 Å². The number of hydrogen-bond donors (Lipinski definition) is 6. The Bertz CT molecular complexity index is 500. The highest BCUT2D eigenvalue weighted by Gasteiger charge is 2.36. The molecule has 2 amide bonds. The van der Waals surface area contributed by atoms with E-state index in [0.29, 0.717) is 58.2 Å². The maximum absolute atomic E-state index is 12.5. The predicted molar refractivity (Wildman–Crippen MR) is 97.8 cm³/mol. The van der Waals surface area contributed by atoms with E-state index in [9.17, 15) is 14.4 Å². The average molecular weight is 368 g/mol. The molecule has 10 nitrogen and oxygen atoms in total. The Balaban J connectivity index is 2.53. The highest BCUT2D eigenvalue weighted by atomic mass is 16.2. The van der Waals surface area contributed by atoms with Crippen molar-refractivity contribution in [3.8, 4) is 0 Å². The Morgan fingerprint density at radius 3 is 2.65 bits per heavy atom. The molecule has 9 N–H and O–H groups in total. The lowest BCUT2D eigenvalue weighted by molar-refractivity contribution is -0.139. The third kappa shape index (κ3) is 6.96. The maximum atomic E-state index is 12.5. The fourth-order valence-corrected chi connectivity index (χ4v) is 2.94. The zero-order valence-corrected chi connectivity index (χ0v) is 15.0. The Morgan fingerprint density at radius 2 is 2.04 bits per heavy atom. The van der Waals surface area contributed by atoms with Crippen LogP contribution in [-0.2, 0) is 14.4 Å². The van der Waals surface area contributed by atoms with E-state index < -0.39 is 18.1 Å². The van der Waals surface area contributed by atoms with E-state index in [1.807, 2.05) is 0 Å². The third-order valence-corrected chi connectivity index (χ3v) is 4.32. The van der Waals surface area contributed by atoms with Crippen LogP contribution in [0.2, 0.25) is 0 Å². The van der Waals surface area contributed by atoms with Crippen LogP contribution >= 0.6 is 0 Å². The number of hydrogen-bond acceptors (Lipinski definition) is 6. The van der Waals surface area contributed by atoms with E-state index in [-0.39, 0.29) is 17.8 Å². The SMILES string of the molecule is N=C(N)NCCC[C@@H]([C]=O)NC(=O)[C@@H]1CCCN1C(=O)[C@@H](N)CCCN. The molecular formula is C16H30N7O3. The molecule has 0 aromatic carbocycles. The van der Waals surface area contributed by atoms with Crippen molar-refractivity contribution in [2.24, 2.45) is 17.2 Å². The minimum Gasteiger partial charge on any atom is -0.370 e. The van der Waals surface area contributed by atoms with Gasteiger partial charge in [0.25, 0.3) is 0 Å². The summed E-state index contributed by atoms with van der Waals surface area (Å²) < 4.78 is 0. The highest BCUT2D eigenvalue weighted by molar-refractivity contribution is 5.91. The van der Waals surface area contributed by atoms with Gasteiger partial charge in [0, 0.05) is 13.1 Å². The second-order valence-electron chi connectivity index (χ2n) is 6.39. The first-order valence-electron chi connectivity index (χ1n) is 8.92. The lowest BCUT2D eigenvalue weighted by Gasteiger charge is -2.27. The smallest absolute Gasteiger partial charge is 0.243 e. The van der Waals surface area contributed by atoms with E-state index in [1.54, 1.807) is 6.29 Å². The summed E-state index contributed by atoms with van der Waals surface area (Å²) in [6.07, 6.45) is 5.09. The van der Waals surface area contributed by atoms with Crippen molar-refractivity contribution in [3.05, 3.63) is 0 Å². The van der Waals surface area contributed by atoms with Gasteiger partial charge < -0.3 is 32.7 Å². The zero-order chi connectivity index (χ0) is 19.5. The van der Waals surface area contributed by atoms with Crippen LogP contribution in [0.3, 0.4) is 0 Å². The van der Waals surface area contributed by atoms with Crippen molar-refractivity contribution in [2.45, 2.75) is 56.7 Å². The van der Waals surface area contributed by atoms with Crippen molar-refractivity contribution in [1.82, 2.24) is 15.5 Å². The van der Waals surface area contributed by atoms with Gasteiger partial charge in [-0.3, -0.25) is 19.8 Å². The van der Waals surface area contributed by atoms with Crippen molar-refractivity contribution >= 4 is 24.1 Å².